The van der Waals surface area contributed by atoms with Gasteiger partial charge in [0.05, 0.1) is 0 Å². The third kappa shape index (κ3) is 4.33. The minimum Gasteiger partial charge on any atom is -0.481 e. The van der Waals surface area contributed by atoms with E-state index in [-0.39, 0.29) is 11.7 Å². The van der Waals surface area contributed by atoms with Crippen molar-refractivity contribution in [2.75, 3.05) is 5.32 Å². The Balaban J connectivity index is 2.02. The van der Waals surface area contributed by atoms with E-state index in [1.807, 2.05) is 0 Å². The Labute approximate surface area is 134 Å². The number of Topliss-reactive ketones (excluding diaryl/α,β-unsaturated/α-hetero) is 1. The second-order valence-electron chi connectivity index (χ2n) is 4.84. The molecular weight excluding hydrogens is 302 g/mol. The fraction of sp³-hybridized carbons (Fsp3) is 0.176. The van der Waals surface area contributed by atoms with Gasteiger partial charge >= 0.3 is 0 Å². The van der Waals surface area contributed by atoms with E-state index in [0.717, 1.165) is 0 Å². The van der Waals surface area contributed by atoms with Crippen molar-refractivity contribution in [1.82, 2.24) is 0 Å². The molecule has 1 amide bonds. The molecule has 0 aromatic heterocycles. The summed E-state index contributed by atoms with van der Waals surface area (Å²) in [5, 5.41) is 3.27. The molecule has 1 N–H and O–H groups in total. The predicted octanol–water partition coefficient (Wildman–Crippen LogP) is 3.95. The van der Waals surface area contributed by atoms with Gasteiger partial charge in [-0.2, -0.15) is 0 Å². The average molecular weight is 318 g/mol. The SMILES string of the molecule is CC(=O)c1cccc(OC(C)C(=O)Nc2cccc(Cl)c2)c1. The highest BCUT2D eigenvalue weighted by Gasteiger charge is 2.15. The van der Waals surface area contributed by atoms with Gasteiger partial charge in [0.25, 0.3) is 5.91 Å². The van der Waals surface area contributed by atoms with Gasteiger partial charge in [0.15, 0.2) is 11.9 Å². The zero-order valence-corrected chi connectivity index (χ0v) is 13.1. The van der Waals surface area contributed by atoms with Gasteiger partial charge in [-0.1, -0.05) is 29.8 Å². The number of rotatable bonds is 5. The zero-order chi connectivity index (χ0) is 16.1. The molecule has 0 spiro atoms. The normalized spacial score (nSPS) is 11.6. The molecule has 1 unspecified atom stereocenters. The molecular formula is C17H16ClNO3. The number of carbonyl (C=O) groups excluding carboxylic acids is 2. The minimum atomic E-state index is -0.707. The number of nitrogens with one attached hydrogen (secondary N) is 1. The van der Waals surface area contributed by atoms with Gasteiger partial charge < -0.3 is 10.1 Å². The summed E-state index contributed by atoms with van der Waals surface area (Å²) < 4.78 is 5.57. The van der Waals surface area contributed by atoms with Gasteiger partial charge in [0.2, 0.25) is 0 Å². The highest BCUT2D eigenvalue weighted by molar-refractivity contribution is 6.30. The van der Waals surface area contributed by atoms with Crippen molar-refractivity contribution in [2.45, 2.75) is 20.0 Å². The van der Waals surface area contributed by atoms with Crippen LogP contribution in [0.1, 0.15) is 24.2 Å². The predicted molar refractivity (Wildman–Crippen MR) is 86.6 cm³/mol. The molecule has 0 bridgehead atoms. The molecule has 22 heavy (non-hydrogen) atoms. The number of ketones is 1. The van der Waals surface area contributed by atoms with E-state index in [9.17, 15) is 9.59 Å². The van der Waals surface area contributed by atoms with Crippen LogP contribution in [0.2, 0.25) is 5.02 Å². The summed E-state index contributed by atoms with van der Waals surface area (Å²) >= 11 is 5.87. The zero-order valence-electron chi connectivity index (χ0n) is 12.3. The molecule has 0 saturated heterocycles. The van der Waals surface area contributed by atoms with Gasteiger partial charge in [-0.15, -0.1) is 0 Å². The number of benzene rings is 2. The lowest BCUT2D eigenvalue weighted by molar-refractivity contribution is -0.122. The first-order valence-corrected chi connectivity index (χ1v) is 7.17. The number of hydrogen-bond donors (Lipinski definition) is 1. The molecule has 0 aliphatic rings. The molecule has 0 heterocycles. The Kier molecular flexibility index (Phi) is 5.17. The smallest absolute Gasteiger partial charge is 0.265 e. The van der Waals surface area contributed by atoms with Gasteiger partial charge in [-0.25, -0.2) is 0 Å². The Morgan fingerprint density at radius 2 is 1.86 bits per heavy atom. The molecule has 0 radical (unpaired) electrons. The molecule has 114 valence electrons. The van der Waals surface area contributed by atoms with Crippen LogP contribution in [0.4, 0.5) is 5.69 Å². The average Bonchev–Trinajstić information content (AvgIpc) is 2.47. The summed E-state index contributed by atoms with van der Waals surface area (Å²) in [6.45, 7) is 3.12. The Morgan fingerprint density at radius 1 is 1.14 bits per heavy atom. The van der Waals surface area contributed by atoms with Crippen molar-refractivity contribution in [2.24, 2.45) is 0 Å². The Morgan fingerprint density at radius 3 is 2.55 bits per heavy atom. The summed E-state index contributed by atoms with van der Waals surface area (Å²) in [6, 6.07) is 13.6. The lowest BCUT2D eigenvalue weighted by atomic mass is 10.1. The highest BCUT2D eigenvalue weighted by Crippen LogP contribution is 2.18. The van der Waals surface area contributed by atoms with E-state index in [0.29, 0.717) is 22.0 Å². The molecule has 0 aliphatic carbocycles. The topological polar surface area (TPSA) is 55.4 Å². The monoisotopic (exact) mass is 317 g/mol. The van der Waals surface area contributed by atoms with Crippen molar-refractivity contribution >= 4 is 29.0 Å². The molecule has 2 aromatic carbocycles. The summed E-state index contributed by atoms with van der Waals surface area (Å²) in [5.74, 6) is 0.124. The number of halogens is 1. The van der Waals surface area contributed by atoms with E-state index in [4.69, 9.17) is 16.3 Å². The summed E-state index contributed by atoms with van der Waals surface area (Å²) in [5.41, 5.74) is 1.14. The second kappa shape index (κ2) is 7.09. The van der Waals surface area contributed by atoms with Crippen LogP contribution in [0, 0.1) is 0 Å². The van der Waals surface area contributed by atoms with Crippen LogP contribution in [0.3, 0.4) is 0 Å². The van der Waals surface area contributed by atoms with E-state index >= 15 is 0 Å². The Bertz CT molecular complexity index is 700. The maximum absolute atomic E-state index is 12.1. The summed E-state index contributed by atoms with van der Waals surface area (Å²) in [4.78, 5) is 23.4. The van der Waals surface area contributed by atoms with E-state index in [2.05, 4.69) is 5.32 Å². The van der Waals surface area contributed by atoms with Crippen molar-refractivity contribution < 1.29 is 14.3 Å². The van der Waals surface area contributed by atoms with Gasteiger partial charge in [0, 0.05) is 16.3 Å². The van der Waals surface area contributed by atoms with E-state index < -0.39 is 6.10 Å². The molecule has 2 rings (SSSR count). The lowest BCUT2D eigenvalue weighted by Crippen LogP contribution is -2.30. The molecule has 2 aromatic rings. The number of ether oxygens (including phenoxy) is 1. The molecule has 0 fully saturated rings. The summed E-state index contributed by atoms with van der Waals surface area (Å²) in [7, 11) is 0. The van der Waals surface area contributed by atoms with Crippen LogP contribution in [0.5, 0.6) is 5.75 Å². The van der Waals surface area contributed by atoms with Crippen LogP contribution in [0.15, 0.2) is 48.5 Å². The molecule has 1 atom stereocenters. The standard InChI is InChI=1S/C17H16ClNO3/c1-11(20)13-5-3-8-16(9-13)22-12(2)17(21)19-15-7-4-6-14(18)10-15/h3-10,12H,1-2H3,(H,19,21). The van der Waals surface area contributed by atoms with E-state index in [1.54, 1.807) is 55.5 Å². The fourth-order valence-electron chi connectivity index (χ4n) is 1.86. The molecule has 4 nitrogen and oxygen atoms in total. The molecule has 0 aliphatic heterocycles. The first kappa shape index (κ1) is 16.0. The third-order valence-electron chi connectivity index (χ3n) is 3.01. The first-order valence-electron chi connectivity index (χ1n) is 6.80. The van der Waals surface area contributed by atoms with Gasteiger partial charge in [-0.05, 0) is 44.2 Å². The Hall–Kier alpha value is -2.33. The van der Waals surface area contributed by atoms with Crippen LogP contribution in [0.25, 0.3) is 0 Å². The lowest BCUT2D eigenvalue weighted by Gasteiger charge is -2.15. The van der Waals surface area contributed by atoms with Crippen molar-refractivity contribution in [3.05, 3.63) is 59.1 Å². The number of amides is 1. The second-order valence-corrected chi connectivity index (χ2v) is 5.28. The quantitative estimate of drug-likeness (QED) is 0.850. The summed E-state index contributed by atoms with van der Waals surface area (Å²) in [6.07, 6.45) is -0.707. The number of anilines is 1. The van der Waals surface area contributed by atoms with Crippen LogP contribution in [-0.4, -0.2) is 17.8 Å². The highest BCUT2D eigenvalue weighted by atomic mass is 35.5. The first-order chi connectivity index (χ1) is 10.5. The third-order valence-corrected chi connectivity index (χ3v) is 3.25. The van der Waals surface area contributed by atoms with Crippen LogP contribution in [-0.2, 0) is 4.79 Å². The van der Waals surface area contributed by atoms with Crippen molar-refractivity contribution in [3.63, 3.8) is 0 Å². The minimum absolute atomic E-state index is 0.0542. The fourth-order valence-corrected chi connectivity index (χ4v) is 2.05. The molecule has 0 saturated carbocycles. The van der Waals surface area contributed by atoms with E-state index in [1.165, 1.54) is 6.92 Å². The molecule has 5 heteroatoms. The largest absolute Gasteiger partial charge is 0.481 e. The van der Waals surface area contributed by atoms with Crippen LogP contribution < -0.4 is 10.1 Å². The van der Waals surface area contributed by atoms with Crippen molar-refractivity contribution in [3.8, 4) is 5.75 Å². The van der Waals surface area contributed by atoms with Crippen LogP contribution >= 0.6 is 11.6 Å². The van der Waals surface area contributed by atoms with Gasteiger partial charge in [0.1, 0.15) is 5.75 Å². The number of hydrogen-bond acceptors (Lipinski definition) is 3. The maximum atomic E-state index is 12.1. The van der Waals surface area contributed by atoms with Crippen molar-refractivity contribution in [1.29, 1.82) is 0 Å². The number of carbonyl (C=O) groups is 2. The van der Waals surface area contributed by atoms with Gasteiger partial charge in [-0.3, -0.25) is 9.59 Å². The maximum Gasteiger partial charge on any atom is 0.265 e.